The first-order chi connectivity index (χ1) is 12.0. The Balaban J connectivity index is 1.96. The SMILES string of the molecule is CCc1ccc(C(C)N2NN(CC(N)=O)C(=O)c3ccccc32)cc1. The number of anilines is 1. The van der Waals surface area contributed by atoms with Crippen LogP contribution < -0.4 is 16.3 Å². The summed E-state index contributed by atoms with van der Waals surface area (Å²) < 4.78 is 0. The van der Waals surface area contributed by atoms with Crippen LogP contribution in [0.5, 0.6) is 0 Å². The monoisotopic (exact) mass is 338 g/mol. The Labute approximate surface area is 147 Å². The lowest BCUT2D eigenvalue weighted by molar-refractivity contribution is -0.119. The Bertz CT molecular complexity index is 788. The predicted octanol–water partition coefficient (Wildman–Crippen LogP) is 2.18. The molecule has 130 valence electrons. The third kappa shape index (κ3) is 3.34. The molecule has 0 radical (unpaired) electrons. The number of para-hydroxylation sites is 1. The van der Waals surface area contributed by atoms with Crippen molar-refractivity contribution >= 4 is 17.5 Å². The molecular formula is C19H22N4O2. The minimum absolute atomic E-state index is 0.0458. The number of amides is 2. The second-order valence-electron chi connectivity index (χ2n) is 6.12. The van der Waals surface area contributed by atoms with Crippen LogP contribution in [-0.4, -0.2) is 23.4 Å². The van der Waals surface area contributed by atoms with Crippen molar-refractivity contribution in [3.63, 3.8) is 0 Å². The Morgan fingerprint density at radius 3 is 2.48 bits per heavy atom. The quantitative estimate of drug-likeness (QED) is 0.876. The molecule has 0 aromatic heterocycles. The van der Waals surface area contributed by atoms with Gasteiger partial charge in [-0.2, -0.15) is 0 Å². The minimum atomic E-state index is -0.569. The summed E-state index contributed by atoms with van der Waals surface area (Å²) in [6.45, 7) is 3.97. The molecule has 1 unspecified atom stereocenters. The van der Waals surface area contributed by atoms with E-state index in [9.17, 15) is 9.59 Å². The van der Waals surface area contributed by atoms with Gasteiger partial charge in [-0.3, -0.25) is 14.6 Å². The molecule has 0 fully saturated rings. The van der Waals surface area contributed by atoms with E-state index in [1.54, 1.807) is 6.07 Å². The fourth-order valence-corrected chi connectivity index (χ4v) is 2.98. The number of carbonyl (C=O) groups is 2. The van der Waals surface area contributed by atoms with Crippen LogP contribution in [0, 0.1) is 0 Å². The number of hydrogen-bond acceptors (Lipinski definition) is 4. The van der Waals surface area contributed by atoms with Crippen molar-refractivity contribution in [3.05, 3.63) is 65.2 Å². The molecule has 0 bridgehead atoms. The van der Waals surface area contributed by atoms with E-state index in [1.807, 2.05) is 30.1 Å². The molecule has 2 amide bonds. The first kappa shape index (κ1) is 17.0. The Morgan fingerprint density at radius 1 is 1.16 bits per heavy atom. The van der Waals surface area contributed by atoms with Crippen LogP contribution >= 0.6 is 0 Å². The fraction of sp³-hybridized carbons (Fsp3) is 0.263. The van der Waals surface area contributed by atoms with Gasteiger partial charge in [-0.1, -0.05) is 43.3 Å². The topological polar surface area (TPSA) is 78.7 Å². The molecule has 0 saturated heterocycles. The molecule has 0 aliphatic carbocycles. The first-order valence-electron chi connectivity index (χ1n) is 8.34. The summed E-state index contributed by atoms with van der Waals surface area (Å²) in [5.41, 5.74) is 12.0. The molecule has 1 aliphatic rings. The molecule has 1 heterocycles. The van der Waals surface area contributed by atoms with E-state index in [2.05, 4.69) is 36.7 Å². The number of aryl methyl sites for hydroxylation is 1. The third-order valence-electron chi connectivity index (χ3n) is 4.44. The summed E-state index contributed by atoms with van der Waals surface area (Å²) in [6.07, 6.45) is 0.986. The van der Waals surface area contributed by atoms with Gasteiger partial charge in [-0.25, -0.2) is 5.01 Å². The first-order valence-corrected chi connectivity index (χ1v) is 8.34. The normalized spacial score (nSPS) is 15.0. The zero-order chi connectivity index (χ0) is 18.0. The fourth-order valence-electron chi connectivity index (χ4n) is 2.98. The van der Waals surface area contributed by atoms with Crippen molar-refractivity contribution in [2.75, 3.05) is 11.6 Å². The van der Waals surface area contributed by atoms with E-state index in [4.69, 9.17) is 5.73 Å². The van der Waals surface area contributed by atoms with Crippen LogP contribution in [0.1, 0.15) is 41.4 Å². The van der Waals surface area contributed by atoms with Crippen molar-refractivity contribution in [2.45, 2.75) is 26.3 Å². The molecule has 6 heteroatoms. The predicted molar refractivity (Wildman–Crippen MR) is 96.5 cm³/mol. The zero-order valence-electron chi connectivity index (χ0n) is 14.4. The van der Waals surface area contributed by atoms with Gasteiger partial charge in [-0.05, 0) is 36.6 Å². The molecule has 1 aliphatic heterocycles. The number of hydrazine groups is 2. The highest BCUT2D eigenvalue weighted by atomic mass is 16.2. The number of benzene rings is 2. The number of fused-ring (bicyclic) bond motifs is 1. The summed E-state index contributed by atoms with van der Waals surface area (Å²) in [5.74, 6) is -0.834. The summed E-state index contributed by atoms with van der Waals surface area (Å²) in [7, 11) is 0. The van der Waals surface area contributed by atoms with Gasteiger partial charge in [0.25, 0.3) is 5.91 Å². The number of rotatable bonds is 5. The highest BCUT2D eigenvalue weighted by Gasteiger charge is 2.32. The molecular weight excluding hydrogens is 316 g/mol. The van der Waals surface area contributed by atoms with Gasteiger partial charge in [0, 0.05) is 0 Å². The average Bonchev–Trinajstić information content (AvgIpc) is 2.63. The summed E-state index contributed by atoms with van der Waals surface area (Å²) in [4.78, 5) is 23.9. The molecule has 0 saturated carbocycles. The van der Waals surface area contributed by atoms with Crippen LogP contribution in [0.2, 0.25) is 0 Å². The number of primary amides is 1. The van der Waals surface area contributed by atoms with E-state index < -0.39 is 5.91 Å². The summed E-state index contributed by atoms with van der Waals surface area (Å²) >= 11 is 0. The zero-order valence-corrected chi connectivity index (χ0v) is 14.4. The van der Waals surface area contributed by atoms with Gasteiger partial charge in [0.15, 0.2) is 0 Å². The van der Waals surface area contributed by atoms with Gasteiger partial charge < -0.3 is 5.73 Å². The Hall–Kier alpha value is -2.86. The highest BCUT2D eigenvalue weighted by molar-refractivity contribution is 6.02. The lowest BCUT2D eigenvalue weighted by Gasteiger charge is -2.41. The second kappa shape index (κ2) is 6.94. The van der Waals surface area contributed by atoms with Crippen molar-refractivity contribution in [1.82, 2.24) is 10.5 Å². The molecule has 2 aromatic carbocycles. The van der Waals surface area contributed by atoms with Gasteiger partial charge >= 0.3 is 0 Å². The maximum atomic E-state index is 12.6. The Kier molecular flexibility index (Phi) is 4.72. The molecule has 3 N–H and O–H groups in total. The standard InChI is InChI=1S/C19H22N4O2/c1-3-14-8-10-15(11-9-14)13(2)23-17-7-5-4-6-16(17)19(25)22(21-23)12-18(20)24/h4-11,13,21H,3,12H2,1-2H3,(H2,20,24). The molecule has 1 atom stereocenters. The number of nitrogens with one attached hydrogen (secondary N) is 1. The third-order valence-corrected chi connectivity index (χ3v) is 4.44. The van der Waals surface area contributed by atoms with Crippen molar-refractivity contribution in [1.29, 1.82) is 0 Å². The van der Waals surface area contributed by atoms with Crippen LogP contribution in [0.15, 0.2) is 48.5 Å². The molecule has 3 rings (SSSR count). The number of nitrogens with zero attached hydrogens (tertiary/aromatic N) is 2. The van der Waals surface area contributed by atoms with Crippen molar-refractivity contribution in [3.8, 4) is 0 Å². The highest BCUT2D eigenvalue weighted by Crippen LogP contribution is 2.31. The van der Waals surface area contributed by atoms with Crippen LogP contribution in [0.3, 0.4) is 0 Å². The Morgan fingerprint density at radius 2 is 1.84 bits per heavy atom. The van der Waals surface area contributed by atoms with Gasteiger partial charge in [0.05, 0.1) is 17.3 Å². The number of nitrogens with two attached hydrogens (primary N) is 1. The van der Waals surface area contributed by atoms with Crippen LogP contribution in [0.4, 0.5) is 5.69 Å². The molecule has 0 spiro atoms. The maximum absolute atomic E-state index is 12.6. The second-order valence-corrected chi connectivity index (χ2v) is 6.12. The van der Waals surface area contributed by atoms with Crippen molar-refractivity contribution in [2.24, 2.45) is 5.73 Å². The van der Waals surface area contributed by atoms with E-state index in [1.165, 1.54) is 10.6 Å². The molecule has 2 aromatic rings. The van der Waals surface area contributed by atoms with Gasteiger partial charge in [0.1, 0.15) is 6.54 Å². The van der Waals surface area contributed by atoms with E-state index >= 15 is 0 Å². The van der Waals surface area contributed by atoms with E-state index in [0.29, 0.717) is 5.56 Å². The van der Waals surface area contributed by atoms with Crippen LogP contribution in [0.25, 0.3) is 0 Å². The largest absolute Gasteiger partial charge is 0.368 e. The molecule has 25 heavy (non-hydrogen) atoms. The number of hydrogen-bond donors (Lipinski definition) is 2. The average molecular weight is 338 g/mol. The van der Waals surface area contributed by atoms with Crippen molar-refractivity contribution < 1.29 is 9.59 Å². The number of carbonyl (C=O) groups excluding carboxylic acids is 2. The maximum Gasteiger partial charge on any atom is 0.272 e. The minimum Gasteiger partial charge on any atom is -0.368 e. The summed E-state index contributed by atoms with van der Waals surface area (Å²) in [6, 6.07) is 15.7. The molecule has 6 nitrogen and oxygen atoms in total. The van der Waals surface area contributed by atoms with E-state index in [0.717, 1.165) is 17.7 Å². The lowest BCUT2D eigenvalue weighted by Crippen LogP contribution is -2.59. The smallest absolute Gasteiger partial charge is 0.272 e. The van der Waals surface area contributed by atoms with Gasteiger partial charge in [-0.15, -0.1) is 5.53 Å². The van der Waals surface area contributed by atoms with Crippen LogP contribution in [-0.2, 0) is 11.2 Å². The van der Waals surface area contributed by atoms with E-state index in [-0.39, 0.29) is 18.5 Å². The van der Waals surface area contributed by atoms with Gasteiger partial charge in [0.2, 0.25) is 5.91 Å². The lowest BCUT2D eigenvalue weighted by atomic mass is 10.0. The summed E-state index contributed by atoms with van der Waals surface area (Å²) in [5, 5.41) is 3.14.